The minimum atomic E-state index is -1.11. The van der Waals surface area contributed by atoms with Gasteiger partial charge in [0.2, 0.25) is 5.91 Å². The number of halogens is 1. The van der Waals surface area contributed by atoms with E-state index in [9.17, 15) is 14.4 Å². The minimum absolute atomic E-state index is 0.184. The van der Waals surface area contributed by atoms with E-state index in [1.54, 1.807) is 13.8 Å². The molecule has 0 heterocycles. The fourth-order valence-corrected chi connectivity index (χ4v) is 1.37. The first-order valence-electron chi connectivity index (χ1n) is 5.82. The predicted octanol–water partition coefficient (Wildman–Crippen LogP) is 0.721. The zero-order valence-corrected chi connectivity index (χ0v) is 12.7. The molecule has 0 aliphatic heterocycles. The maximum atomic E-state index is 11.7. The Balaban J connectivity index is 4.33. The lowest BCUT2D eigenvalue weighted by atomic mass is 10.0. The molecule has 110 valence electrons. The molecule has 0 unspecified atom stereocenters. The molecule has 0 radical (unpaired) electrons. The van der Waals surface area contributed by atoms with Gasteiger partial charge in [-0.2, -0.15) is 0 Å². The van der Waals surface area contributed by atoms with Crippen LogP contribution in [0.5, 0.6) is 0 Å². The number of rotatable bonds is 7. The van der Waals surface area contributed by atoms with Crippen molar-refractivity contribution in [2.45, 2.75) is 32.9 Å². The minimum Gasteiger partial charge on any atom is -0.480 e. The van der Waals surface area contributed by atoms with Gasteiger partial charge in [-0.1, -0.05) is 29.8 Å². The summed E-state index contributed by atoms with van der Waals surface area (Å²) in [5.74, 6) is -1.94. The number of alkyl carbamates (subject to hydrolysis) is 1. The molecule has 0 aliphatic carbocycles. The van der Waals surface area contributed by atoms with Gasteiger partial charge in [0.15, 0.2) is 0 Å². The van der Waals surface area contributed by atoms with Crippen LogP contribution < -0.4 is 10.6 Å². The molecule has 2 amide bonds. The summed E-state index contributed by atoms with van der Waals surface area (Å²) in [6.45, 7) is 5.00. The fraction of sp³-hybridized carbons (Fsp3) is 0.727. The fourth-order valence-electron chi connectivity index (χ4n) is 1.21. The number of carbonyl (C=O) groups excluding carboxylic acids is 2. The number of hydrogen-bond donors (Lipinski definition) is 3. The standard InChI is InChI=1S/C11H19BrN2O5/c1-6(2)8(10(16)17)14-9(15)7(3)13-11(18)19-5-4-12/h6-8H,4-5H2,1-3H3,(H,13,18)(H,14,15)(H,16,17)/t7-,8-/m0/s1. The lowest BCUT2D eigenvalue weighted by Gasteiger charge is -2.20. The van der Waals surface area contributed by atoms with Gasteiger partial charge in [0.05, 0.1) is 0 Å². The highest BCUT2D eigenvalue weighted by Gasteiger charge is 2.26. The third kappa shape index (κ3) is 7.00. The van der Waals surface area contributed by atoms with Gasteiger partial charge in [0.1, 0.15) is 18.7 Å². The topological polar surface area (TPSA) is 105 Å². The van der Waals surface area contributed by atoms with Crippen LogP contribution in [0, 0.1) is 5.92 Å². The van der Waals surface area contributed by atoms with Gasteiger partial charge in [-0.25, -0.2) is 9.59 Å². The highest BCUT2D eigenvalue weighted by atomic mass is 79.9. The Morgan fingerprint density at radius 3 is 2.21 bits per heavy atom. The highest BCUT2D eigenvalue weighted by Crippen LogP contribution is 2.02. The van der Waals surface area contributed by atoms with Gasteiger partial charge < -0.3 is 20.5 Å². The van der Waals surface area contributed by atoms with Crippen molar-refractivity contribution in [3.8, 4) is 0 Å². The first-order valence-corrected chi connectivity index (χ1v) is 6.94. The van der Waals surface area contributed by atoms with Crippen LogP contribution in [0.15, 0.2) is 0 Å². The lowest BCUT2D eigenvalue weighted by molar-refractivity contribution is -0.143. The summed E-state index contributed by atoms with van der Waals surface area (Å²) in [5, 5.41) is 14.1. The molecule has 0 aromatic rings. The van der Waals surface area contributed by atoms with E-state index in [0.29, 0.717) is 5.33 Å². The Bertz CT molecular complexity index is 335. The number of carboxylic acids is 1. The molecular weight excluding hydrogens is 320 g/mol. The normalized spacial score (nSPS) is 13.5. The van der Waals surface area contributed by atoms with Crippen molar-refractivity contribution in [1.82, 2.24) is 10.6 Å². The van der Waals surface area contributed by atoms with Crippen molar-refractivity contribution >= 4 is 33.9 Å². The van der Waals surface area contributed by atoms with Crippen LogP contribution in [0.1, 0.15) is 20.8 Å². The molecule has 0 saturated carbocycles. The number of nitrogens with one attached hydrogen (secondary N) is 2. The Hall–Kier alpha value is -1.31. The van der Waals surface area contributed by atoms with E-state index in [1.807, 2.05) is 0 Å². The summed E-state index contributed by atoms with van der Waals surface area (Å²) in [5.41, 5.74) is 0. The quantitative estimate of drug-likeness (QED) is 0.593. The summed E-state index contributed by atoms with van der Waals surface area (Å²) in [6, 6.07) is -1.86. The first kappa shape index (κ1) is 17.7. The van der Waals surface area contributed by atoms with Gasteiger partial charge in [0, 0.05) is 5.33 Å². The van der Waals surface area contributed by atoms with Crippen LogP contribution in [0.25, 0.3) is 0 Å². The summed E-state index contributed by atoms with van der Waals surface area (Å²) in [6.07, 6.45) is -0.724. The van der Waals surface area contributed by atoms with E-state index in [-0.39, 0.29) is 12.5 Å². The highest BCUT2D eigenvalue weighted by molar-refractivity contribution is 9.09. The van der Waals surface area contributed by atoms with Crippen LogP contribution in [-0.4, -0.2) is 47.1 Å². The molecule has 0 aliphatic rings. The van der Waals surface area contributed by atoms with E-state index in [1.165, 1.54) is 6.92 Å². The Kier molecular flexibility index (Phi) is 8.13. The second kappa shape index (κ2) is 8.73. The third-order valence-electron chi connectivity index (χ3n) is 2.27. The molecule has 3 N–H and O–H groups in total. The number of aliphatic carboxylic acids is 1. The number of carboxylic acid groups (broad SMARTS) is 1. The third-order valence-corrected chi connectivity index (χ3v) is 2.59. The van der Waals surface area contributed by atoms with Crippen molar-refractivity contribution in [2.24, 2.45) is 5.92 Å². The summed E-state index contributed by atoms with van der Waals surface area (Å²) in [4.78, 5) is 33.9. The monoisotopic (exact) mass is 338 g/mol. The molecule has 19 heavy (non-hydrogen) atoms. The van der Waals surface area contributed by atoms with Crippen LogP contribution >= 0.6 is 15.9 Å². The lowest BCUT2D eigenvalue weighted by Crippen LogP contribution is -2.52. The van der Waals surface area contributed by atoms with Crippen LogP contribution in [-0.2, 0) is 14.3 Å². The zero-order chi connectivity index (χ0) is 15.0. The van der Waals surface area contributed by atoms with Gasteiger partial charge in [-0.3, -0.25) is 4.79 Å². The largest absolute Gasteiger partial charge is 0.480 e. The Labute approximate surface area is 120 Å². The molecule has 0 saturated heterocycles. The molecule has 7 nitrogen and oxygen atoms in total. The first-order chi connectivity index (χ1) is 8.79. The van der Waals surface area contributed by atoms with Crippen molar-refractivity contribution in [2.75, 3.05) is 11.9 Å². The molecule has 2 atom stereocenters. The van der Waals surface area contributed by atoms with Crippen molar-refractivity contribution in [3.63, 3.8) is 0 Å². The van der Waals surface area contributed by atoms with E-state index in [0.717, 1.165) is 0 Å². The second-order valence-corrected chi connectivity index (χ2v) is 5.05. The molecule has 8 heteroatoms. The van der Waals surface area contributed by atoms with E-state index in [4.69, 9.17) is 9.84 Å². The molecule has 0 fully saturated rings. The molecule has 0 spiro atoms. The van der Waals surface area contributed by atoms with E-state index < -0.39 is 30.1 Å². The number of alkyl halides is 1. The molecule has 0 rings (SSSR count). The van der Waals surface area contributed by atoms with Gasteiger partial charge in [0.25, 0.3) is 0 Å². The molecule has 0 aromatic heterocycles. The Morgan fingerprint density at radius 2 is 1.79 bits per heavy atom. The predicted molar refractivity (Wildman–Crippen MR) is 72.1 cm³/mol. The average molecular weight is 339 g/mol. The zero-order valence-electron chi connectivity index (χ0n) is 11.1. The van der Waals surface area contributed by atoms with Crippen LogP contribution in [0.3, 0.4) is 0 Å². The maximum Gasteiger partial charge on any atom is 0.407 e. The van der Waals surface area contributed by atoms with Crippen LogP contribution in [0.2, 0.25) is 0 Å². The number of carbonyl (C=O) groups is 3. The van der Waals surface area contributed by atoms with Crippen molar-refractivity contribution in [3.05, 3.63) is 0 Å². The summed E-state index contributed by atoms with van der Waals surface area (Å²) in [7, 11) is 0. The van der Waals surface area contributed by atoms with Gasteiger partial charge >= 0.3 is 12.1 Å². The molecule has 0 bridgehead atoms. The summed E-state index contributed by atoms with van der Waals surface area (Å²) >= 11 is 3.09. The van der Waals surface area contributed by atoms with Crippen molar-refractivity contribution < 1.29 is 24.2 Å². The van der Waals surface area contributed by atoms with E-state index >= 15 is 0 Å². The molecular formula is C11H19BrN2O5. The Morgan fingerprint density at radius 1 is 1.21 bits per heavy atom. The van der Waals surface area contributed by atoms with Crippen molar-refractivity contribution in [1.29, 1.82) is 0 Å². The van der Waals surface area contributed by atoms with E-state index in [2.05, 4.69) is 26.6 Å². The number of ether oxygens (including phenoxy) is 1. The number of amides is 2. The second-order valence-electron chi connectivity index (χ2n) is 4.26. The maximum absolute atomic E-state index is 11.7. The van der Waals surface area contributed by atoms with Gasteiger partial charge in [-0.15, -0.1) is 0 Å². The van der Waals surface area contributed by atoms with Crippen LogP contribution in [0.4, 0.5) is 4.79 Å². The average Bonchev–Trinajstić information content (AvgIpc) is 2.31. The SMILES string of the molecule is CC(C)[C@H](NC(=O)[C@H](C)NC(=O)OCCBr)C(=O)O. The van der Waals surface area contributed by atoms with Gasteiger partial charge in [-0.05, 0) is 12.8 Å². The summed E-state index contributed by atoms with van der Waals surface area (Å²) < 4.78 is 4.72. The number of hydrogen-bond acceptors (Lipinski definition) is 4. The smallest absolute Gasteiger partial charge is 0.407 e. The molecule has 0 aromatic carbocycles.